The number of hydrogen-bond acceptors (Lipinski definition) is 6. The Bertz CT molecular complexity index is 1380. The van der Waals surface area contributed by atoms with E-state index in [9.17, 15) is 14.4 Å². The first-order chi connectivity index (χ1) is 15.7. The van der Waals surface area contributed by atoms with Crippen molar-refractivity contribution < 1.29 is 23.5 Å². The van der Waals surface area contributed by atoms with Crippen LogP contribution in [-0.4, -0.2) is 23.6 Å². The van der Waals surface area contributed by atoms with Gasteiger partial charge in [-0.15, -0.1) is 0 Å². The molecular formula is C25H24N2O6. The summed E-state index contributed by atoms with van der Waals surface area (Å²) in [7, 11) is 0. The van der Waals surface area contributed by atoms with Crippen LogP contribution in [0.5, 0.6) is 11.5 Å². The number of hydrogen-bond donors (Lipinski definition) is 1. The van der Waals surface area contributed by atoms with Gasteiger partial charge in [0.05, 0.1) is 6.54 Å². The lowest BCUT2D eigenvalue weighted by Crippen LogP contribution is -2.40. The summed E-state index contributed by atoms with van der Waals surface area (Å²) in [5.74, 6) is 0.969. The lowest BCUT2D eigenvalue weighted by Gasteiger charge is -2.22. The predicted molar refractivity (Wildman–Crippen MR) is 120 cm³/mol. The highest BCUT2D eigenvalue weighted by molar-refractivity contribution is 6.07. The summed E-state index contributed by atoms with van der Waals surface area (Å²) < 4.78 is 16.2. The lowest BCUT2D eigenvalue weighted by molar-refractivity contribution is -0.131. The van der Waals surface area contributed by atoms with Crippen LogP contribution >= 0.6 is 0 Å². The Morgan fingerprint density at radius 1 is 1.06 bits per heavy atom. The minimum atomic E-state index is -1.27. The molecule has 0 bridgehead atoms. The maximum atomic E-state index is 13.5. The number of nitrogens with zero attached hydrogens (tertiary/aromatic N) is 1. The molecule has 170 valence electrons. The highest BCUT2D eigenvalue weighted by Gasteiger charge is 2.49. The summed E-state index contributed by atoms with van der Waals surface area (Å²) in [6.07, 6.45) is 0. The standard InChI is InChI=1S/C25H24N2O6/c1-13(2)17-10-18-15(8-22(28)33-20(18)7-14(17)3)11-27-23(29)25(4,26-24(27)30)16-5-6-19-21(9-16)32-12-31-19/h5-10,13H,11-12H2,1-4H3,(H,26,30)/t25-/m1/s1. The second-order valence-electron chi connectivity index (χ2n) is 8.96. The van der Waals surface area contributed by atoms with Gasteiger partial charge in [-0.3, -0.25) is 9.69 Å². The number of nitrogens with one attached hydrogen (secondary N) is 1. The van der Waals surface area contributed by atoms with Crippen LogP contribution < -0.4 is 20.4 Å². The quantitative estimate of drug-likeness (QED) is 0.480. The van der Waals surface area contributed by atoms with Crippen molar-refractivity contribution in [1.82, 2.24) is 10.2 Å². The molecule has 8 heteroatoms. The van der Waals surface area contributed by atoms with Gasteiger partial charge in [0.15, 0.2) is 11.5 Å². The van der Waals surface area contributed by atoms with Crippen molar-refractivity contribution in [3.8, 4) is 11.5 Å². The zero-order valence-corrected chi connectivity index (χ0v) is 18.9. The molecule has 0 saturated carbocycles. The average molecular weight is 448 g/mol. The van der Waals surface area contributed by atoms with Crippen molar-refractivity contribution in [2.75, 3.05) is 6.79 Å². The zero-order chi connectivity index (χ0) is 23.5. The van der Waals surface area contributed by atoms with E-state index in [1.54, 1.807) is 25.1 Å². The van der Waals surface area contributed by atoms with Gasteiger partial charge in [-0.25, -0.2) is 9.59 Å². The van der Waals surface area contributed by atoms with E-state index >= 15 is 0 Å². The molecule has 0 spiro atoms. The van der Waals surface area contributed by atoms with Gasteiger partial charge in [0.1, 0.15) is 11.1 Å². The predicted octanol–water partition coefficient (Wildman–Crippen LogP) is 3.92. The molecule has 1 aromatic heterocycles. The normalized spacial score (nSPS) is 19.6. The Balaban J connectivity index is 1.53. The van der Waals surface area contributed by atoms with Crippen LogP contribution in [0.1, 0.15) is 48.9 Å². The number of rotatable bonds is 4. The van der Waals surface area contributed by atoms with Gasteiger partial charge in [0, 0.05) is 11.5 Å². The van der Waals surface area contributed by atoms with Crippen LogP contribution in [0.4, 0.5) is 4.79 Å². The van der Waals surface area contributed by atoms with Gasteiger partial charge in [-0.1, -0.05) is 19.9 Å². The van der Waals surface area contributed by atoms with E-state index < -0.39 is 23.1 Å². The van der Waals surface area contributed by atoms with E-state index in [1.165, 1.54) is 6.07 Å². The number of fused-ring (bicyclic) bond motifs is 2. The second-order valence-corrected chi connectivity index (χ2v) is 8.96. The summed E-state index contributed by atoms with van der Waals surface area (Å²) in [5, 5.41) is 3.51. The van der Waals surface area contributed by atoms with Crippen molar-refractivity contribution in [2.45, 2.75) is 45.7 Å². The maximum Gasteiger partial charge on any atom is 0.336 e. The first kappa shape index (κ1) is 21.1. The highest BCUT2D eigenvalue weighted by Crippen LogP contribution is 2.38. The summed E-state index contributed by atoms with van der Waals surface area (Å²) >= 11 is 0. The first-order valence-electron chi connectivity index (χ1n) is 10.8. The molecule has 0 aliphatic carbocycles. The Kier molecular flexibility index (Phi) is 4.70. The van der Waals surface area contributed by atoms with Crippen LogP contribution in [0.15, 0.2) is 45.6 Å². The molecule has 1 N–H and O–H groups in total. The van der Waals surface area contributed by atoms with Gasteiger partial charge in [-0.2, -0.15) is 0 Å². The lowest BCUT2D eigenvalue weighted by atomic mass is 9.91. The minimum Gasteiger partial charge on any atom is -0.454 e. The largest absolute Gasteiger partial charge is 0.454 e. The van der Waals surface area contributed by atoms with Crippen LogP contribution in [0.25, 0.3) is 11.0 Å². The van der Waals surface area contributed by atoms with Crippen LogP contribution in [0.3, 0.4) is 0 Å². The summed E-state index contributed by atoms with van der Waals surface area (Å²) in [6, 6.07) is 9.78. The molecule has 8 nitrogen and oxygen atoms in total. The number of urea groups is 1. The molecule has 3 amide bonds. The molecule has 3 aromatic rings. The number of imide groups is 1. The number of aryl methyl sites for hydroxylation is 1. The highest BCUT2D eigenvalue weighted by atomic mass is 16.7. The van der Waals surface area contributed by atoms with Gasteiger partial charge in [-0.05, 0) is 66.3 Å². The Hall–Kier alpha value is -3.81. The number of carbonyl (C=O) groups excluding carboxylic acids is 2. The number of amides is 3. The maximum absolute atomic E-state index is 13.5. The van der Waals surface area contributed by atoms with Gasteiger partial charge < -0.3 is 19.2 Å². The molecule has 2 aromatic carbocycles. The fraction of sp³-hybridized carbons (Fsp3) is 0.320. The minimum absolute atomic E-state index is 0.0481. The van der Waals surface area contributed by atoms with E-state index in [0.717, 1.165) is 16.0 Å². The molecule has 1 atom stereocenters. The number of benzene rings is 2. The van der Waals surface area contributed by atoms with E-state index in [0.29, 0.717) is 33.6 Å². The summed E-state index contributed by atoms with van der Waals surface area (Å²) in [6.45, 7) is 7.86. The van der Waals surface area contributed by atoms with Crippen molar-refractivity contribution in [3.05, 3.63) is 69.1 Å². The average Bonchev–Trinajstić information content (AvgIpc) is 3.31. The van der Waals surface area contributed by atoms with Crippen molar-refractivity contribution in [2.24, 2.45) is 0 Å². The molecule has 0 unspecified atom stereocenters. The number of ether oxygens (including phenoxy) is 2. The van der Waals surface area contributed by atoms with Gasteiger partial charge in [0.2, 0.25) is 6.79 Å². The molecule has 2 aliphatic rings. The summed E-state index contributed by atoms with van der Waals surface area (Å²) in [4.78, 5) is 39.7. The van der Waals surface area contributed by atoms with E-state index in [1.807, 2.05) is 19.1 Å². The van der Waals surface area contributed by atoms with Gasteiger partial charge in [0.25, 0.3) is 5.91 Å². The zero-order valence-electron chi connectivity index (χ0n) is 18.9. The third-order valence-corrected chi connectivity index (χ3v) is 6.39. The molecular weight excluding hydrogens is 424 g/mol. The third-order valence-electron chi connectivity index (χ3n) is 6.39. The Morgan fingerprint density at radius 3 is 2.58 bits per heavy atom. The van der Waals surface area contributed by atoms with E-state index in [2.05, 4.69) is 19.2 Å². The fourth-order valence-electron chi connectivity index (χ4n) is 4.56. The molecule has 5 rings (SSSR count). The fourth-order valence-corrected chi connectivity index (χ4v) is 4.56. The van der Waals surface area contributed by atoms with Crippen LogP contribution in [-0.2, 0) is 16.9 Å². The molecule has 33 heavy (non-hydrogen) atoms. The summed E-state index contributed by atoms with van der Waals surface area (Å²) in [5.41, 5.74) is 1.91. The Labute approximate surface area is 190 Å². The van der Waals surface area contributed by atoms with Gasteiger partial charge >= 0.3 is 11.7 Å². The van der Waals surface area contributed by atoms with Crippen molar-refractivity contribution in [3.63, 3.8) is 0 Å². The first-order valence-corrected chi connectivity index (χ1v) is 10.8. The Morgan fingerprint density at radius 2 is 1.82 bits per heavy atom. The monoisotopic (exact) mass is 448 g/mol. The molecule has 0 radical (unpaired) electrons. The molecule has 1 fully saturated rings. The second kappa shape index (κ2) is 7.37. The van der Waals surface area contributed by atoms with Crippen LogP contribution in [0, 0.1) is 6.92 Å². The topological polar surface area (TPSA) is 98.1 Å². The smallest absolute Gasteiger partial charge is 0.336 e. The molecule has 3 heterocycles. The van der Waals surface area contributed by atoms with E-state index in [4.69, 9.17) is 13.9 Å². The van der Waals surface area contributed by atoms with Crippen molar-refractivity contribution in [1.29, 1.82) is 0 Å². The third kappa shape index (κ3) is 3.33. The van der Waals surface area contributed by atoms with Crippen LogP contribution in [0.2, 0.25) is 0 Å². The number of carbonyl (C=O) groups is 2. The van der Waals surface area contributed by atoms with E-state index in [-0.39, 0.29) is 19.3 Å². The SMILES string of the molecule is Cc1cc2oc(=O)cc(CN3C(=O)N[C@](C)(c4ccc5c(c4)OCO5)C3=O)c2cc1C(C)C. The molecule has 2 aliphatic heterocycles. The molecule has 1 saturated heterocycles. The van der Waals surface area contributed by atoms with Crippen molar-refractivity contribution >= 4 is 22.9 Å².